The van der Waals surface area contributed by atoms with Crippen molar-refractivity contribution in [1.29, 1.82) is 0 Å². The molecule has 1 heterocycles. The maximum Gasteiger partial charge on any atom is 0.311 e. The first-order valence-electron chi connectivity index (χ1n) is 6.04. The van der Waals surface area contributed by atoms with Crippen LogP contribution in [0.5, 0.6) is 0 Å². The molecule has 0 spiro atoms. The number of nitro groups is 1. The molecule has 2 aromatic rings. The maximum absolute atomic E-state index is 11.1. The molecule has 1 aromatic heterocycles. The number of hydrogen-bond acceptors (Lipinski definition) is 7. The summed E-state index contributed by atoms with van der Waals surface area (Å²) in [4.78, 5) is 13.9. The molecule has 9 nitrogen and oxygen atoms in total. The van der Waals surface area contributed by atoms with E-state index in [0.717, 1.165) is 5.56 Å². The van der Waals surface area contributed by atoms with Gasteiger partial charge in [-0.15, -0.1) is 0 Å². The number of hydrogen-bond donors (Lipinski definition) is 3. The van der Waals surface area contributed by atoms with Crippen molar-refractivity contribution in [2.24, 2.45) is 5.14 Å². The van der Waals surface area contributed by atoms with Gasteiger partial charge in [0.25, 0.3) is 0 Å². The van der Waals surface area contributed by atoms with Gasteiger partial charge in [-0.25, -0.2) is 18.5 Å². The van der Waals surface area contributed by atoms with Crippen molar-refractivity contribution in [3.63, 3.8) is 0 Å². The number of pyridine rings is 1. The molecule has 116 valence electrons. The van der Waals surface area contributed by atoms with Gasteiger partial charge in [0.15, 0.2) is 0 Å². The third-order valence-corrected chi connectivity index (χ3v) is 3.75. The van der Waals surface area contributed by atoms with Gasteiger partial charge < -0.3 is 11.1 Å². The quantitative estimate of drug-likeness (QED) is 0.543. The fraction of sp³-hybridized carbons (Fsp3) is 0.0833. The van der Waals surface area contributed by atoms with E-state index in [1.807, 2.05) is 0 Å². The molecule has 0 saturated heterocycles. The van der Waals surface area contributed by atoms with Crippen LogP contribution in [0.15, 0.2) is 41.3 Å². The van der Waals surface area contributed by atoms with Crippen molar-refractivity contribution in [1.82, 2.24) is 4.98 Å². The molecule has 0 bridgehead atoms. The van der Waals surface area contributed by atoms with Crippen molar-refractivity contribution in [2.45, 2.75) is 11.4 Å². The van der Waals surface area contributed by atoms with Crippen LogP contribution in [-0.4, -0.2) is 18.3 Å². The summed E-state index contributed by atoms with van der Waals surface area (Å²) in [5, 5.41) is 18.6. The first kappa shape index (κ1) is 15.7. The van der Waals surface area contributed by atoms with Gasteiger partial charge in [0.1, 0.15) is 5.82 Å². The SMILES string of the molecule is Nc1nc(NCc2ccc(S(N)(=O)=O)cc2)ccc1[N+](=O)[O-]. The summed E-state index contributed by atoms with van der Waals surface area (Å²) in [5.41, 5.74) is 6.01. The zero-order chi connectivity index (χ0) is 16.3. The van der Waals surface area contributed by atoms with Crippen LogP contribution in [-0.2, 0) is 16.6 Å². The average Bonchev–Trinajstić information content (AvgIpc) is 2.44. The Labute approximate surface area is 126 Å². The molecular formula is C12H13N5O4S. The van der Waals surface area contributed by atoms with Crippen LogP contribution in [0, 0.1) is 10.1 Å². The normalized spacial score (nSPS) is 11.1. The van der Waals surface area contributed by atoms with Crippen molar-refractivity contribution in [3.05, 3.63) is 52.1 Å². The molecule has 0 unspecified atom stereocenters. The van der Waals surface area contributed by atoms with Crippen LogP contribution >= 0.6 is 0 Å². The molecule has 0 amide bonds. The molecule has 1 aromatic carbocycles. The standard InChI is InChI=1S/C12H13N5O4S/c13-12-10(17(18)19)5-6-11(16-12)15-7-8-1-3-9(4-2-8)22(14,20)21/h1-6H,7H2,(H3,13,15,16)(H2,14,20,21). The number of sulfonamides is 1. The number of nitrogen functional groups attached to an aromatic ring is 1. The van der Waals surface area contributed by atoms with Crippen molar-refractivity contribution in [2.75, 3.05) is 11.1 Å². The van der Waals surface area contributed by atoms with E-state index in [1.54, 1.807) is 12.1 Å². The number of nitrogens with zero attached hydrogens (tertiary/aromatic N) is 2. The van der Waals surface area contributed by atoms with E-state index in [9.17, 15) is 18.5 Å². The Morgan fingerprint density at radius 1 is 1.18 bits per heavy atom. The van der Waals surface area contributed by atoms with Crippen molar-refractivity contribution >= 4 is 27.3 Å². The number of benzene rings is 1. The van der Waals surface area contributed by atoms with Crippen LogP contribution in [0.4, 0.5) is 17.3 Å². The van der Waals surface area contributed by atoms with Crippen molar-refractivity contribution in [3.8, 4) is 0 Å². The van der Waals surface area contributed by atoms with Gasteiger partial charge in [0, 0.05) is 12.6 Å². The molecule has 0 aliphatic rings. The zero-order valence-electron chi connectivity index (χ0n) is 11.3. The summed E-state index contributed by atoms with van der Waals surface area (Å²) >= 11 is 0. The molecule has 22 heavy (non-hydrogen) atoms. The predicted octanol–water partition coefficient (Wildman–Crippen LogP) is 0.831. The number of nitrogens with two attached hydrogens (primary N) is 2. The Kier molecular flexibility index (Phi) is 4.24. The topological polar surface area (TPSA) is 154 Å². The Hall–Kier alpha value is -2.72. The molecule has 0 saturated carbocycles. The minimum atomic E-state index is -3.72. The molecular weight excluding hydrogens is 310 g/mol. The highest BCUT2D eigenvalue weighted by molar-refractivity contribution is 7.89. The van der Waals surface area contributed by atoms with Gasteiger partial charge in [0.05, 0.1) is 9.82 Å². The van der Waals surface area contributed by atoms with Crippen LogP contribution in [0.25, 0.3) is 0 Å². The Morgan fingerprint density at radius 3 is 2.32 bits per heavy atom. The molecule has 0 fully saturated rings. The van der Waals surface area contributed by atoms with Gasteiger partial charge in [-0.05, 0) is 23.8 Å². The largest absolute Gasteiger partial charge is 0.378 e. The van der Waals surface area contributed by atoms with Crippen LogP contribution in [0.2, 0.25) is 0 Å². The second-order valence-corrected chi connectivity index (χ2v) is 5.96. The van der Waals surface area contributed by atoms with Crippen LogP contribution in [0.3, 0.4) is 0 Å². The number of anilines is 2. The highest BCUT2D eigenvalue weighted by atomic mass is 32.2. The van der Waals surface area contributed by atoms with Crippen LogP contribution in [0.1, 0.15) is 5.56 Å². The van der Waals surface area contributed by atoms with E-state index >= 15 is 0 Å². The number of primary sulfonamides is 1. The molecule has 10 heteroatoms. The fourth-order valence-electron chi connectivity index (χ4n) is 1.71. The summed E-state index contributed by atoms with van der Waals surface area (Å²) in [6, 6.07) is 8.68. The molecule has 0 radical (unpaired) electrons. The van der Waals surface area contributed by atoms with E-state index < -0.39 is 14.9 Å². The first-order valence-corrected chi connectivity index (χ1v) is 7.58. The van der Waals surface area contributed by atoms with Gasteiger partial charge >= 0.3 is 5.69 Å². The van der Waals surface area contributed by atoms with Gasteiger partial charge in [0.2, 0.25) is 15.8 Å². The van der Waals surface area contributed by atoms with Crippen LogP contribution < -0.4 is 16.2 Å². The lowest BCUT2D eigenvalue weighted by Crippen LogP contribution is -2.12. The Bertz CT molecular complexity index is 805. The van der Waals surface area contributed by atoms with E-state index in [2.05, 4.69) is 10.3 Å². The highest BCUT2D eigenvalue weighted by Gasteiger charge is 2.12. The molecule has 0 aliphatic heterocycles. The van der Waals surface area contributed by atoms with E-state index in [1.165, 1.54) is 24.3 Å². The monoisotopic (exact) mass is 323 g/mol. The number of nitrogens with one attached hydrogen (secondary N) is 1. The van der Waals surface area contributed by atoms with Gasteiger partial charge in [-0.2, -0.15) is 0 Å². The van der Waals surface area contributed by atoms with Gasteiger partial charge in [-0.3, -0.25) is 10.1 Å². The average molecular weight is 323 g/mol. The lowest BCUT2D eigenvalue weighted by molar-refractivity contribution is -0.384. The third kappa shape index (κ3) is 3.68. The molecule has 5 N–H and O–H groups in total. The van der Waals surface area contributed by atoms with E-state index in [4.69, 9.17) is 10.9 Å². The summed E-state index contributed by atoms with van der Waals surface area (Å²) < 4.78 is 22.3. The maximum atomic E-state index is 11.1. The summed E-state index contributed by atoms with van der Waals surface area (Å²) in [7, 11) is -3.72. The van der Waals surface area contributed by atoms with Gasteiger partial charge in [-0.1, -0.05) is 12.1 Å². The summed E-state index contributed by atoms with van der Waals surface area (Å²) in [6.07, 6.45) is 0. The smallest absolute Gasteiger partial charge is 0.311 e. The predicted molar refractivity (Wildman–Crippen MR) is 80.4 cm³/mol. The first-order chi connectivity index (χ1) is 10.3. The molecule has 0 atom stereocenters. The lowest BCUT2D eigenvalue weighted by atomic mass is 10.2. The molecule has 2 rings (SSSR count). The Balaban J connectivity index is 2.07. The zero-order valence-corrected chi connectivity index (χ0v) is 12.1. The highest BCUT2D eigenvalue weighted by Crippen LogP contribution is 2.21. The minimum absolute atomic E-state index is 0.0222. The lowest BCUT2D eigenvalue weighted by Gasteiger charge is -2.07. The number of aromatic nitrogens is 1. The second-order valence-electron chi connectivity index (χ2n) is 4.40. The fourth-order valence-corrected chi connectivity index (χ4v) is 2.23. The van der Waals surface area contributed by atoms with Crippen molar-refractivity contribution < 1.29 is 13.3 Å². The molecule has 0 aliphatic carbocycles. The Morgan fingerprint density at radius 2 is 1.82 bits per heavy atom. The number of rotatable bonds is 5. The summed E-state index contributed by atoms with van der Waals surface area (Å²) in [5.74, 6) is 0.193. The minimum Gasteiger partial charge on any atom is -0.378 e. The summed E-state index contributed by atoms with van der Waals surface area (Å²) in [6.45, 7) is 0.342. The third-order valence-electron chi connectivity index (χ3n) is 2.82. The van der Waals surface area contributed by atoms with E-state index in [0.29, 0.717) is 12.4 Å². The second kappa shape index (κ2) is 5.95. The van der Waals surface area contributed by atoms with E-state index in [-0.39, 0.29) is 16.4 Å².